The Morgan fingerprint density at radius 2 is 2.30 bits per heavy atom. The zero-order chi connectivity index (χ0) is 16.7. The first-order chi connectivity index (χ1) is 11.0. The average molecular weight is 383 g/mol. The molecule has 0 aliphatic carbocycles. The molecule has 0 aromatic heterocycles. The first-order valence-corrected chi connectivity index (χ1v) is 9.23. The van der Waals surface area contributed by atoms with Crippen LogP contribution in [0.3, 0.4) is 0 Å². The second-order valence-electron chi connectivity index (χ2n) is 6.48. The van der Waals surface area contributed by atoms with Gasteiger partial charge in [0, 0.05) is 10.9 Å². The van der Waals surface area contributed by atoms with Gasteiger partial charge >= 0.3 is 0 Å². The Balaban J connectivity index is 1.68. The molecule has 128 valence electrons. The van der Waals surface area contributed by atoms with E-state index in [9.17, 15) is 4.79 Å². The van der Waals surface area contributed by atoms with Gasteiger partial charge in [0.1, 0.15) is 11.9 Å². The highest BCUT2D eigenvalue weighted by molar-refractivity contribution is 9.10. The number of benzene rings is 1. The van der Waals surface area contributed by atoms with E-state index in [0.717, 1.165) is 23.3 Å². The molecule has 2 rings (SSSR count). The van der Waals surface area contributed by atoms with Gasteiger partial charge in [-0.1, -0.05) is 28.9 Å². The fourth-order valence-corrected chi connectivity index (χ4v) is 3.35. The minimum absolute atomic E-state index is 0.0556. The molecule has 1 amide bonds. The molecule has 0 bridgehead atoms. The van der Waals surface area contributed by atoms with E-state index in [1.165, 1.54) is 12.8 Å². The van der Waals surface area contributed by atoms with Crippen molar-refractivity contribution in [1.82, 2.24) is 10.6 Å². The first kappa shape index (κ1) is 18.3. The largest absolute Gasteiger partial charge is 0.489 e. The van der Waals surface area contributed by atoms with E-state index in [0.29, 0.717) is 24.8 Å². The van der Waals surface area contributed by atoms with E-state index < -0.39 is 0 Å². The number of rotatable bonds is 7. The molecule has 1 fully saturated rings. The molecule has 1 aliphatic heterocycles. The molecular formula is C18H27BrN2O2. The zero-order valence-electron chi connectivity index (χ0n) is 14.0. The Bertz CT molecular complexity index is 504. The summed E-state index contributed by atoms with van der Waals surface area (Å²) in [4.78, 5) is 12.1. The quantitative estimate of drug-likeness (QED) is 0.759. The molecule has 3 atom stereocenters. The lowest BCUT2D eigenvalue weighted by Crippen LogP contribution is -2.37. The van der Waals surface area contributed by atoms with Crippen molar-refractivity contribution in [2.45, 2.75) is 39.2 Å². The SMILES string of the molecule is CC(CNC(=O)CC(C)C1CCCNC1)Oc1cccc(Br)c1. The second-order valence-corrected chi connectivity index (χ2v) is 7.39. The Hall–Kier alpha value is -1.07. The van der Waals surface area contributed by atoms with E-state index in [2.05, 4.69) is 33.5 Å². The van der Waals surface area contributed by atoms with Crippen molar-refractivity contribution in [1.29, 1.82) is 0 Å². The van der Waals surface area contributed by atoms with Crippen LogP contribution in [0.25, 0.3) is 0 Å². The van der Waals surface area contributed by atoms with Crippen molar-refractivity contribution < 1.29 is 9.53 Å². The van der Waals surface area contributed by atoms with Crippen LogP contribution in [0.4, 0.5) is 0 Å². The van der Waals surface area contributed by atoms with E-state index in [1.54, 1.807) is 0 Å². The summed E-state index contributed by atoms with van der Waals surface area (Å²) in [6.45, 7) is 6.83. The maximum Gasteiger partial charge on any atom is 0.220 e. The van der Waals surface area contributed by atoms with Gasteiger partial charge in [0.2, 0.25) is 5.91 Å². The number of hydrogen-bond acceptors (Lipinski definition) is 3. The highest BCUT2D eigenvalue weighted by Crippen LogP contribution is 2.22. The summed E-state index contributed by atoms with van der Waals surface area (Å²) in [6, 6.07) is 7.74. The summed E-state index contributed by atoms with van der Waals surface area (Å²) in [6.07, 6.45) is 2.98. The Morgan fingerprint density at radius 3 is 3.00 bits per heavy atom. The van der Waals surface area contributed by atoms with Crippen LogP contribution in [0.15, 0.2) is 28.7 Å². The highest BCUT2D eigenvalue weighted by atomic mass is 79.9. The van der Waals surface area contributed by atoms with E-state index in [1.807, 2.05) is 31.2 Å². The summed E-state index contributed by atoms with van der Waals surface area (Å²) in [5, 5.41) is 6.41. The van der Waals surface area contributed by atoms with Crippen LogP contribution < -0.4 is 15.4 Å². The van der Waals surface area contributed by atoms with Crippen molar-refractivity contribution in [3.63, 3.8) is 0 Å². The van der Waals surface area contributed by atoms with Crippen molar-refractivity contribution in [2.24, 2.45) is 11.8 Å². The van der Waals surface area contributed by atoms with Crippen molar-refractivity contribution in [3.05, 3.63) is 28.7 Å². The number of nitrogens with one attached hydrogen (secondary N) is 2. The number of piperidine rings is 1. The van der Waals surface area contributed by atoms with E-state index in [-0.39, 0.29) is 12.0 Å². The molecule has 23 heavy (non-hydrogen) atoms. The normalized spacial score (nSPS) is 20.6. The van der Waals surface area contributed by atoms with Crippen LogP contribution >= 0.6 is 15.9 Å². The number of amides is 1. The van der Waals surface area contributed by atoms with Crippen molar-refractivity contribution in [2.75, 3.05) is 19.6 Å². The van der Waals surface area contributed by atoms with Gasteiger partial charge in [-0.05, 0) is 62.9 Å². The second kappa shape index (κ2) is 9.28. The Kier molecular flexibility index (Phi) is 7.37. The van der Waals surface area contributed by atoms with Crippen LogP contribution in [-0.4, -0.2) is 31.6 Å². The lowest BCUT2D eigenvalue weighted by Gasteiger charge is -2.28. The number of halogens is 1. The molecule has 3 unspecified atom stereocenters. The van der Waals surface area contributed by atoms with Crippen molar-refractivity contribution >= 4 is 21.8 Å². The van der Waals surface area contributed by atoms with Crippen LogP contribution in [0, 0.1) is 11.8 Å². The maximum atomic E-state index is 12.1. The van der Waals surface area contributed by atoms with Gasteiger partial charge in [0.25, 0.3) is 0 Å². The van der Waals surface area contributed by atoms with Crippen LogP contribution in [0.1, 0.15) is 33.1 Å². The minimum Gasteiger partial charge on any atom is -0.489 e. The molecule has 1 aromatic carbocycles. The number of carbonyl (C=O) groups excluding carboxylic acids is 1. The van der Waals surface area contributed by atoms with Gasteiger partial charge in [-0.2, -0.15) is 0 Å². The van der Waals surface area contributed by atoms with E-state index >= 15 is 0 Å². The molecule has 0 spiro atoms. The molecule has 2 N–H and O–H groups in total. The summed E-state index contributed by atoms with van der Waals surface area (Å²) in [7, 11) is 0. The standard InChI is InChI=1S/C18H27BrN2O2/c1-13(15-5-4-8-20-12-15)9-18(22)21-11-14(2)23-17-7-3-6-16(19)10-17/h3,6-7,10,13-15,20H,4-5,8-9,11-12H2,1-2H3,(H,21,22). The number of carbonyl (C=O) groups is 1. The van der Waals surface area contributed by atoms with Gasteiger partial charge in [-0.3, -0.25) is 4.79 Å². The molecule has 1 aliphatic rings. The van der Waals surface area contributed by atoms with Crippen LogP contribution in [0.5, 0.6) is 5.75 Å². The number of hydrogen-bond donors (Lipinski definition) is 2. The van der Waals surface area contributed by atoms with Gasteiger partial charge in [-0.25, -0.2) is 0 Å². The molecule has 0 saturated carbocycles. The lowest BCUT2D eigenvalue weighted by molar-refractivity contribution is -0.122. The Labute approximate surface area is 147 Å². The smallest absolute Gasteiger partial charge is 0.220 e. The third-order valence-electron chi connectivity index (χ3n) is 4.37. The van der Waals surface area contributed by atoms with E-state index in [4.69, 9.17) is 4.74 Å². The molecular weight excluding hydrogens is 356 g/mol. The first-order valence-electron chi connectivity index (χ1n) is 8.44. The molecule has 4 nitrogen and oxygen atoms in total. The fraction of sp³-hybridized carbons (Fsp3) is 0.611. The average Bonchev–Trinajstić information content (AvgIpc) is 2.54. The zero-order valence-corrected chi connectivity index (χ0v) is 15.6. The maximum absolute atomic E-state index is 12.1. The van der Waals surface area contributed by atoms with Gasteiger partial charge in [0.05, 0.1) is 6.54 Å². The molecule has 0 radical (unpaired) electrons. The monoisotopic (exact) mass is 382 g/mol. The third kappa shape index (κ3) is 6.51. The summed E-state index contributed by atoms with van der Waals surface area (Å²) >= 11 is 3.42. The molecule has 1 heterocycles. The van der Waals surface area contributed by atoms with Crippen LogP contribution in [-0.2, 0) is 4.79 Å². The van der Waals surface area contributed by atoms with Gasteiger partial charge in [-0.15, -0.1) is 0 Å². The summed E-state index contributed by atoms with van der Waals surface area (Å²) in [5.74, 6) is 1.96. The lowest BCUT2D eigenvalue weighted by atomic mass is 9.85. The summed E-state index contributed by atoms with van der Waals surface area (Å²) < 4.78 is 6.80. The fourth-order valence-electron chi connectivity index (χ4n) is 2.97. The molecule has 5 heteroatoms. The van der Waals surface area contributed by atoms with Gasteiger partial charge < -0.3 is 15.4 Å². The number of ether oxygens (including phenoxy) is 1. The van der Waals surface area contributed by atoms with Crippen molar-refractivity contribution in [3.8, 4) is 5.75 Å². The Morgan fingerprint density at radius 1 is 1.48 bits per heavy atom. The topological polar surface area (TPSA) is 50.4 Å². The molecule has 1 saturated heterocycles. The predicted octanol–water partition coefficient (Wildman–Crippen LogP) is 3.36. The van der Waals surface area contributed by atoms with Gasteiger partial charge in [0.15, 0.2) is 0 Å². The molecule has 1 aromatic rings. The van der Waals surface area contributed by atoms with Crippen LogP contribution in [0.2, 0.25) is 0 Å². The minimum atomic E-state index is -0.0556. The third-order valence-corrected chi connectivity index (χ3v) is 4.86. The summed E-state index contributed by atoms with van der Waals surface area (Å²) in [5.41, 5.74) is 0. The predicted molar refractivity (Wildman–Crippen MR) is 96.6 cm³/mol. The highest BCUT2D eigenvalue weighted by Gasteiger charge is 2.22.